The van der Waals surface area contributed by atoms with Crippen molar-refractivity contribution in [2.45, 2.75) is 63.1 Å². The summed E-state index contributed by atoms with van der Waals surface area (Å²) >= 11 is 0. The third-order valence-electron chi connectivity index (χ3n) is 6.30. The van der Waals surface area contributed by atoms with Gasteiger partial charge in [0, 0.05) is 18.8 Å². The molecule has 1 aromatic carbocycles. The molecule has 0 saturated heterocycles. The highest BCUT2D eigenvalue weighted by Gasteiger charge is 2.28. The molecule has 5 rings (SSSR count). The highest BCUT2D eigenvalue weighted by atomic mass is 32.2. The van der Waals surface area contributed by atoms with Crippen molar-refractivity contribution in [1.82, 2.24) is 15.1 Å². The van der Waals surface area contributed by atoms with Gasteiger partial charge in [-0.2, -0.15) is 5.10 Å². The van der Waals surface area contributed by atoms with Crippen molar-refractivity contribution >= 4 is 21.6 Å². The number of hydrogen-bond donors (Lipinski definition) is 3. The molecule has 0 radical (unpaired) electrons. The van der Waals surface area contributed by atoms with Crippen molar-refractivity contribution in [3.8, 4) is 0 Å². The molecule has 0 bridgehead atoms. The van der Waals surface area contributed by atoms with Crippen LogP contribution in [0.3, 0.4) is 0 Å². The van der Waals surface area contributed by atoms with Crippen LogP contribution in [0, 0.1) is 0 Å². The molecule has 29 heavy (non-hydrogen) atoms. The van der Waals surface area contributed by atoms with Crippen molar-refractivity contribution in [3.05, 3.63) is 40.1 Å². The first-order valence-electron chi connectivity index (χ1n) is 10.2. The van der Waals surface area contributed by atoms with Gasteiger partial charge in [-0.3, -0.25) is 4.68 Å². The highest BCUT2D eigenvalue weighted by Crippen LogP contribution is 2.43. The molecule has 1 aromatic heterocycles. The van der Waals surface area contributed by atoms with Gasteiger partial charge in [-0.1, -0.05) is 13.0 Å². The molecule has 0 saturated carbocycles. The van der Waals surface area contributed by atoms with Crippen LogP contribution in [0.4, 0.5) is 10.5 Å². The number of aryl methyl sites for hydroxylation is 1. The minimum Gasteiger partial charge on any atom is -0.309 e. The molecular formula is C20H26N6O2S. The number of urea groups is 1. The van der Waals surface area contributed by atoms with Crippen molar-refractivity contribution in [2.75, 3.05) is 11.9 Å². The number of anilines is 1. The van der Waals surface area contributed by atoms with Crippen LogP contribution in [-0.4, -0.2) is 26.6 Å². The summed E-state index contributed by atoms with van der Waals surface area (Å²) < 4.78 is 18.6. The van der Waals surface area contributed by atoms with Crippen molar-refractivity contribution in [3.63, 3.8) is 0 Å². The minimum atomic E-state index is -3.41. The number of hydrogen-bond acceptors (Lipinski definition) is 4. The fourth-order valence-corrected chi connectivity index (χ4v) is 5.70. The van der Waals surface area contributed by atoms with E-state index in [4.69, 9.17) is 5.14 Å². The molecule has 154 valence electrons. The van der Waals surface area contributed by atoms with Crippen LogP contribution >= 0.6 is 0 Å². The maximum absolute atomic E-state index is 13.0. The molecule has 2 atom stereocenters. The Hall–Kier alpha value is -2.23. The predicted octanol–water partition coefficient (Wildman–Crippen LogP) is 2.46. The van der Waals surface area contributed by atoms with Crippen LogP contribution in [-0.2, 0) is 42.3 Å². The Bertz CT molecular complexity index is 1100. The van der Waals surface area contributed by atoms with E-state index >= 15 is 0 Å². The quantitative estimate of drug-likeness (QED) is 0.700. The summed E-state index contributed by atoms with van der Waals surface area (Å²) in [5.74, 6) is 0.493. The SMILES string of the molecule is CC1CCc2c1cc1c(c2NC(=O)N=S(N)(=O)c2cc3n(n2)CCNC3)CCC1. The van der Waals surface area contributed by atoms with Crippen LogP contribution in [0.25, 0.3) is 0 Å². The largest absolute Gasteiger partial charge is 0.354 e. The number of carbonyl (C=O) groups is 1. The molecule has 2 heterocycles. The van der Waals surface area contributed by atoms with Gasteiger partial charge in [0.15, 0.2) is 14.9 Å². The number of aromatic nitrogens is 2. The van der Waals surface area contributed by atoms with E-state index in [-0.39, 0.29) is 5.03 Å². The molecule has 0 fully saturated rings. The molecule has 2 amide bonds. The number of carbonyl (C=O) groups excluding carboxylic acids is 1. The molecular weight excluding hydrogens is 388 g/mol. The van der Waals surface area contributed by atoms with Gasteiger partial charge < -0.3 is 10.6 Å². The molecule has 1 aliphatic heterocycles. The first kappa shape index (κ1) is 18.8. The Morgan fingerprint density at radius 2 is 2.21 bits per heavy atom. The first-order valence-corrected chi connectivity index (χ1v) is 11.8. The van der Waals surface area contributed by atoms with E-state index in [9.17, 15) is 9.00 Å². The smallest absolute Gasteiger partial charge is 0.309 e. The summed E-state index contributed by atoms with van der Waals surface area (Å²) in [7, 11) is -3.41. The Balaban J connectivity index is 1.47. The van der Waals surface area contributed by atoms with Crippen LogP contribution in [0.15, 0.2) is 21.5 Å². The summed E-state index contributed by atoms with van der Waals surface area (Å²) in [6.07, 6.45) is 5.11. The van der Waals surface area contributed by atoms with Gasteiger partial charge in [-0.15, -0.1) is 4.36 Å². The number of rotatable bonds is 2. The lowest BCUT2D eigenvalue weighted by Gasteiger charge is -2.16. The third-order valence-corrected chi connectivity index (χ3v) is 7.53. The summed E-state index contributed by atoms with van der Waals surface area (Å²) in [4.78, 5) is 12.7. The van der Waals surface area contributed by atoms with Gasteiger partial charge in [0.25, 0.3) is 0 Å². The van der Waals surface area contributed by atoms with Gasteiger partial charge >= 0.3 is 6.03 Å². The van der Waals surface area contributed by atoms with Gasteiger partial charge in [-0.05, 0) is 66.3 Å². The van der Waals surface area contributed by atoms with Crippen LogP contribution in [0.1, 0.15) is 53.6 Å². The van der Waals surface area contributed by atoms with E-state index in [2.05, 4.69) is 33.1 Å². The predicted molar refractivity (Wildman–Crippen MR) is 111 cm³/mol. The van der Waals surface area contributed by atoms with Crippen molar-refractivity contribution in [2.24, 2.45) is 9.50 Å². The Labute approximate surface area is 170 Å². The summed E-state index contributed by atoms with van der Waals surface area (Å²) in [6, 6.07) is 3.33. The molecule has 9 heteroatoms. The second-order valence-corrected chi connectivity index (χ2v) is 9.95. The van der Waals surface area contributed by atoms with Crippen LogP contribution in [0.2, 0.25) is 0 Å². The van der Waals surface area contributed by atoms with Gasteiger partial charge in [0.2, 0.25) is 0 Å². The summed E-state index contributed by atoms with van der Waals surface area (Å²) in [5.41, 5.74) is 6.81. The Kier molecular flexibility index (Phi) is 4.49. The van der Waals surface area contributed by atoms with Gasteiger partial charge in [-0.25, -0.2) is 14.1 Å². The number of amides is 2. The highest BCUT2D eigenvalue weighted by molar-refractivity contribution is 7.91. The average Bonchev–Trinajstić information content (AvgIpc) is 3.40. The average molecular weight is 415 g/mol. The maximum Gasteiger partial charge on any atom is 0.354 e. The second-order valence-electron chi connectivity index (χ2n) is 8.21. The van der Waals surface area contributed by atoms with E-state index in [1.54, 1.807) is 10.7 Å². The molecule has 3 aliphatic rings. The Morgan fingerprint density at radius 1 is 1.34 bits per heavy atom. The van der Waals surface area contributed by atoms with E-state index in [0.717, 1.165) is 50.0 Å². The lowest BCUT2D eigenvalue weighted by Crippen LogP contribution is -2.28. The lowest BCUT2D eigenvalue weighted by atomic mass is 9.96. The standard InChI is InChI=1S/C20H26N6O2S/c1-12-5-6-16-17(12)9-13-3-2-4-15(13)19(16)23-20(27)25-29(21,28)18-10-14-11-22-7-8-26(14)24-18/h9-10,12,22H,2-8,11H2,1H3,(H3,21,23,25,27,28). The molecule has 8 nitrogen and oxygen atoms in total. The zero-order valence-electron chi connectivity index (χ0n) is 16.5. The number of nitrogens with one attached hydrogen (secondary N) is 2. The van der Waals surface area contributed by atoms with Gasteiger partial charge in [0.1, 0.15) is 0 Å². The number of benzene rings is 1. The topological polar surface area (TPSA) is 114 Å². The zero-order valence-corrected chi connectivity index (χ0v) is 17.3. The zero-order chi connectivity index (χ0) is 20.2. The van der Waals surface area contributed by atoms with Crippen molar-refractivity contribution < 1.29 is 9.00 Å². The van der Waals surface area contributed by atoms with Crippen LogP contribution < -0.4 is 15.8 Å². The van der Waals surface area contributed by atoms with E-state index in [1.165, 1.54) is 22.3 Å². The lowest BCUT2D eigenvalue weighted by molar-refractivity contribution is 0.260. The molecule has 2 aromatic rings. The third kappa shape index (κ3) is 3.27. The van der Waals surface area contributed by atoms with Crippen molar-refractivity contribution in [1.29, 1.82) is 0 Å². The van der Waals surface area contributed by atoms with E-state index < -0.39 is 15.9 Å². The maximum atomic E-state index is 13.0. The fourth-order valence-electron chi connectivity index (χ4n) is 4.80. The normalized spacial score (nSPS) is 21.8. The van der Waals surface area contributed by atoms with E-state index in [1.807, 2.05) is 0 Å². The monoisotopic (exact) mass is 414 g/mol. The molecule has 4 N–H and O–H groups in total. The number of fused-ring (bicyclic) bond motifs is 3. The fraction of sp³-hybridized carbons (Fsp3) is 0.500. The number of nitrogens with two attached hydrogens (primary N) is 1. The Morgan fingerprint density at radius 3 is 3.03 bits per heavy atom. The van der Waals surface area contributed by atoms with Gasteiger partial charge in [0.05, 0.1) is 12.2 Å². The molecule has 2 aliphatic carbocycles. The molecule has 2 unspecified atom stereocenters. The minimum absolute atomic E-state index is 0.156. The first-order chi connectivity index (χ1) is 13.9. The summed E-state index contributed by atoms with van der Waals surface area (Å²) in [6.45, 7) is 4.33. The van der Waals surface area contributed by atoms with E-state index in [0.29, 0.717) is 19.0 Å². The number of nitrogens with zero attached hydrogens (tertiary/aromatic N) is 3. The molecule has 0 spiro atoms. The van der Waals surface area contributed by atoms with Crippen LogP contribution in [0.5, 0.6) is 0 Å². The second kappa shape index (κ2) is 6.93. The summed E-state index contributed by atoms with van der Waals surface area (Å²) in [5, 5.41) is 16.6.